The molecule has 7 nitrogen and oxygen atoms in total. The van der Waals surface area contributed by atoms with Crippen molar-refractivity contribution in [3.8, 4) is 11.1 Å². The number of rotatable bonds is 11. The molecule has 0 heterocycles. The van der Waals surface area contributed by atoms with Crippen molar-refractivity contribution in [1.82, 2.24) is 10.2 Å². The number of halogens is 2. The van der Waals surface area contributed by atoms with Gasteiger partial charge in [-0.2, -0.15) is 11.8 Å². The van der Waals surface area contributed by atoms with Crippen LogP contribution in [-0.4, -0.2) is 72.1 Å². The summed E-state index contributed by atoms with van der Waals surface area (Å²) in [5.41, 5.74) is 4.03. The van der Waals surface area contributed by atoms with Gasteiger partial charge in [-0.1, -0.05) is 48.5 Å². The first kappa shape index (κ1) is 25.5. The predicted molar refractivity (Wildman–Crippen MR) is 125 cm³/mol. The first-order valence-corrected chi connectivity index (χ1v) is 12.1. The number of thioether (sulfide) groups is 1. The van der Waals surface area contributed by atoms with E-state index in [1.54, 1.807) is 6.26 Å². The largest absolute Gasteiger partial charge is 0.480 e. The van der Waals surface area contributed by atoms with Crippen LogP contribution in [-0.2, 0) is 14.3 Å². The standard InChI is InChI=1S/C24H26F2N2O5S/c1-34-11-10-28(13-22(30)31)21(29)12-20(23(25)26)27-24(32)33-14-19-17-8-4-2-6-15(17)16-7-3-5-9-18(16)19/h2-9,19-20,23H,10-14H2,1H3,(H,27,32)(H,30,31). The Morgan fingerprint density at radius 2 is 1.68 bits per heavy atom. The lowest BCUT2D eigenvalue weighted by atomic mass is 9.98. The van der Waals surface area contributed by atoms with Gasteiger partial charge in [0.25, 0.3) is 6.43 Å². The third-order valence-corrected chi connectivity index (χ3v) is 6.18. The van der Waals surface area contributed by atoms with Crippen molar-refractivity contribution in [2.75, 3.05) is 31.7 Å². The zero-order chi connectivity index (χ0) is 24.7. The topological polar surface area (TPSA) is 95.9 Å². The molecule has 0 radical (unpaired) electrons. The second-order valence-electron chi connectivity index (χ2n) is 7.82. The van der Waals surface area contributed by atoms with Crippen LogP contribution in [0.25, 0.3) is 11.1 Å². The zero-order valence-electron chi connectivity index (χ0n) is 18.6. The third-order valence-electron chi connectivity index (χ3n) is 5.59. The smallest absolute Gasteiger partial charge is 0.407 e. The summed E-state index contributed by atoms with van der Waals surface area (Å²) >= 11 is 1.39. The van der Waals surface area contributed by atoms with E-state index in [1.165, 1.54) is 11.8 Å². The van der Waals surface area contributed by atoms with Crippen molar-refractivity contribution in [3.05, 3.63) is 59.7 Å². The highest BCUT2D eigenvalue weighted by atomic mass is 32.2. The van der Waals surface area contributed by atoms with Gasteiger partial charge in [0.2, 0.25) is 5.91 Å². The summed E-state index contributed by atoms with van der Waals surface area (Å²) < 4.78 is 32.4. The van der Waals surface area contributed by atoms with E-state index in [0.29, 0.717) is 5.75 Å². The number of amides is 2. The van der Waals surface area contributed by atoms with Crippen molar-refractivity contribution in [2.45, 2.75) is 24.8 Å². The Balaban J connectivity index is 1.62. The minimum absolute atomic E-state index is 0.0529. The number of aliphatic carboxylic acids is 1. The van der Waals surface area contributed by atoms with Crippen LogP contribution in [0.2, 0.25) is 0 Å². The second kappa shape index (κ2) is 11.8. The number of carbonyl (C=O) groups is 3. The van der Waals surface area contributed by atoms with Gasteiger partial charge in [0, 0.05) is 18.2 Å². The summed E-state index contributed by atoms with van der Waals surface area (Å²) in [7, 11) is 0. The molecule has 0 aliphatic heterocycles. The third kappa shape index (κ3) is 6.25. The van der Waals surface area contributed by atoms with Crippen LogP contribution >= 0.6 is 11.8 Å². The van der Waals surface area contributed by atoms with Crippen LogP contribution in [0.4, 0.5) is 13.6 Å². The molecule has 1 atom stereocenters. The molecule has 2 N–H and O–H groups in total. The quantitative estimate of drug-likeness (QED) is 0.495. The molecule has 1 aliphatic rings. The van der Waals surface area contributed by atoms with Gasteiger partial charge in [0.05, 0.1) is 6.42 Å². The van der Waals surface area contributed by atoms with Gasteiger partial charge in [-0.15, -0.1) is 0 Å². The molecule has 1 aliphatic carbocycles. The number of benzene rings is 2. The molecule has 182 valence electrons. The van der Waals surface area contributed by atoms with Gasteiger partial charge >= 0.3 is 12.1 Å². The molecule has 0 fully saturated rings. The van der Waals surface area contributed by atoms with Gasteiger partial charge in [0.1, 0.15) is 19.2 Å². The van der Waals surface area contributed by atoms with Crippen molar-refractivity contribution in [3.63, 3.8) is 0 Å². The molecule has 2 amide bonds. The van der Waals surface area contributed by atoms with E-state index in [9.17, 15) is 23.2 Å². The summed E-state index contributed by atoms with van der Waals surface area (Å²) in [6.07, 6.45) is -3.04. The number of alkyl halides is 2. The highest BCUT2D eigenvalue weighted by molar-refractivity contribution is 7.98. The summed E-state index contributed by atoms with van der Waals surface area (Å²) in [5, 5.41) is 11.1. The molecule has 0 saturated heterocycles. The Morgan fingerprint density at radius 1 is 1.09 bits per heavy atom. The van der Waals surface area contributed by atoms with Crippen LogP contribution in [0.5, 0.6) is 0 Å². The Labute approximate surface area is 200 Å². The number of nitrogens with zero attached hydrogens (tertiary/aromatic N) is 1. The highest BCUT2D eigenvalue weighted by Crippen LogP contribution is 2.44. The molecule has 3 rings (SSSR count). The van der Waals surface area contributed by atoms with Gasteiger partial charge in [-0.05, 0) is 28.5 Å². The monoisotopic (exact) mass is 492 g/mol. The number of nitrogens with one attached hydrogen (secondary N) is 1. The molecular formula is C24H26F2N2O5S. The predicted octanol–water partition coefficient (Wildman–Crippen LogP) is 3.83. The Bertz CT molecular complexity index is 990. The van der Waals surface area contributed by atoms with Crippen molar-refractivity contribution in [2.24, 2.45) is 0 Å². The fraction of sp³-hybridized carbons (Fsp3) is 0.375. The Hall–Kier alpha value is -3.14. The normalized spacial score (nSPS) is 13.2. The maximum Gasteiger partial charge on any atom is 0.407 e. The molecule has 2 aromatic carbocycles. The van der Waals surface area contributed by atoms with E-state index in [2.05, 4.69) is 5.32 Å². The van der Waals surface area contributed by atoms with Crippen molar-refractivity contribution < 1.29 is 33.0 Å². The molecule has 0 spiro atoms. The van der Waals surface area contributed by atoms with Crippen LogP contribution in [0.1, 0.15) is 23.5 Å². The fourth-order valence-corrected chi connectivity index (χ4v) is 4.37. The summed E-state index contributed by atoms with van der Waals surface area (Å²) in [4.78, 5) is 36.8. The van der Waals surface area contributed by atoms with E-state index < -0.39 is 43.4 Å². The molecule has 10 heteroatoms. The lowest BCUT2D eigenvalue weighted by molar-refractivity contribution is -0.144. The number of hydrogen-bond acceptors (Lipinski definition) is 5. The minimum Gasteiger partial charge on any atom is -0.480 e. The number of carboxylic acid groups (broad SMARTS) is 1. The Kier molecular flexibility index (Phi) is 8.86. The number of fused-ring (bicyclic) bond motifs is 3. The average molecular weight is 493 g/mol. The van der Waals surface area contributed by atoms with Gasteiger partial charge in [0.15, 0.2) is 0 Å². The average Bonchev–Trinajstić information content (AvgIpc) is 3.13. The number of alkyl carbamates (subject to hydrolysis) is 1. The van der Waals surface area contributed by atoms with E-state index in [-0.39, 0.29) is 19.1 Å². The zero-order valence-corrected chi connectivity index (χ0v) is 19.4. The minimum atomic E-state index is -3.03. The first-order valence-electron chi connectivity index (χ1n) is 10.7. The number of carboxylic acids is 1. The summed E-state index contributed by atoms with van der Waals surface area (Å²) in [6, 6.07) is 13.6. The summed E-state index contributed by atoms with van der Waals surface area (Å²) in [6.45, 7) is -0.546. The Morgan fingerprint density at radius 3 is 2.21 bits per heavy atom. The molecule has 0 bridgehead atoms. The second-order valence-corrected chi connectivity index (χ2v) is 8.80. The van der Waals surface area contributed by atoms with Crippen LogP contribution < -0.4 is 5.32 Å². The van der Waals surface area contributed by atoms with E-state index in [4.69, 9.17) is 9.84 Å². The van der Waals surface area contributed by atoms with Gasteiger partial charge in [-0.3, -0.25) is 9.59 Å². The lowest BCUT2D eigenvalue weighted by Gasteiger charge is -2.24. The maximum absolute atomic E-state index is 13.6. The highest BCUT2D eigenvalue weighted by Gasteiger charge is 2.31. The van der Waals surface area contributed by atoms with Crippen LogP contribution in [0.3, 0.4) is 0 Å². The summed E-state index contributed by atoms with van der Waals surface area (Å²) in [5.74, 6) is -1.80. The van der Waals surface area contributed by atoms with E-state index in [0.717, 1.165) is 27.2 Å². The van der Waals surface area contributed by atoms with Crippen LogP contribution in [0.15, 0.2) is 48.5 Å². The molecule has 2 aromatic rings. The van der Waals surface area contributed by atoms with E-state index in [1.807, 2.05) is 48.5 Å². The maximum atomic E-state index is 13.6. The number of hydrogen-bond donors (Lipinski definition) is 2. The molecule has 0 aromatic heterocycles. The molecule has 34 heavy (non-hydrogen) atoms. The lowest BCUT2D eigenvalue weighted by Crippen LogP contribution is -2.46. The SMILES string of the molecule is CSCCN(CC(=O)O)C(=O)CC(NC(=O)OCC1c2ccccc2-c2ccccc21)C(F)F. The molecular weight excluding hydrogens is 466 g/mol. The van der Waals surface area contributed by atoms with Crippen molar-refractivity contribution in [1.29, 1.82) is 0 Å². The fourth-order valence-electron chi connectivity index (χ4n) is 3.97. The first-order chi connectivity index (χ1) is 16.3. The molecule has 0 saturated carbocycles. The number of carbonyl (C=O) groups excluding carboxylic acids is 2. The van der Waals surface area contributed by atoms with E-state index >= 15 is 0 Å². The van der Waals surface area contributed by atoms with Gasteiger partial charge < -0.3 is 20.1 Å². The van der Waals surface area contributed by atoms with Crippen molar-refractivity contribution >= 4 is 29.7 Å². The van der Waals surface area contributed by atoms with Crippen LogP contribution in [0, 0.1) is 0 Å². The van der Waals surface area contributed by atoms with Gasteiger partial charge in [-0.25, -0.2) is 13.6 Å². The molecule has 1 unspecified atom stereocenters. The number of ether oxygens (including phenoxy) is 1.